The topological polar surface area (TPSA) is 0 Å². The summed E-state index contributed by atoms with van der Waals surface area (Å²) < 4.78 is 34.3. The van der Waals surface area contributed by atoms with Crippen molar-refractivity contribution in [2.45, 2.75) is 25.4 Å². The molecule has 4 heteroatoms. The highest BCUT2D eigenvalue weighted by Crippen LogP contribution is 2.12. The molecular weight excluding hydrogens is 185 g/mol. The minimum atomic E-state index is -4.33. The fourth-order valence-corrected chi connectivity index (χ4v) is 0.988. The molecule has 0 aromatic heterocycles. The third-order valence-corrected chi connectivity index (χ3v) is 1.65. The quantitative estimate of drug-likeness (QED) is 0.490. The summed E-state index contributed by atoms with van der Waals surface area (Å²) in [6.07, 6.45) is 1.12. The molecule has 1 radical (unpaired) electrons. The van der Waals surface area contributed by atoms with E-state index in [0.29, 0.717) is 12.8 Å². The van der Waals surface area contributed by atoms with E-state index >= 15 is 0 Å². The first kappa shape index (κ1) is 11.7. The van der Waals surface area contributed by atoms with Gasteiger partial charge in [0.2, 0.25) is 0 Å². The fourth-order valence-electron chi connectivity index (χ4n) is 0.580. The van der Waals surface area contributed by atoms with Gasteiger partial charge in [0, 0.05) is 18.6 Å². The van der Waals surface area contributed by atoms with Crippen molar-refractivity contribution in [2.75, 3.05) is 5.75 Å². The van der Waals surface area contributed by atoms with Crippen LogP contribution in [0, 0.1) is 18.1 Å². The number of alkyl halides is 3. The maximum Gasteiger partial charge on any atom is 0.457 e. The van der Waals surface area contributed by atoms with Crippen LogP contribution in [0.15, 0.2) is 0 Å². The summed E-state index contributed by atoms with van der Waals surface area (Å²) >= 11 is 1.44. The van der Waals surface area contributed by atoms with Gasteiger partial charge in [0.15, 0.2) is 0 Å². The summed E-state index contributed by atoms with van der Waals surface area (Å²) in [5.41, 5.74) is 0. The Balaban J connectivity index is 3.34. The smallest absolute Gasteiger partial charge is 0.161 e. The second-order valence-corrected chi connectivity index (χ2v) is 2.98. The molecule has 0 bridgehead atoms. The van der Waals surface area contributed by atoms with E-state index in [4.69, 9.17) is 0 Å². The Morgan fingerprint density at radius 2 is 1.92 bits per heavy atom. The number of hydrogen-bond donors (Lipinski definition) is 0. The standard InChI is InChI=1S/C8H10F3S/c1-12-7-5-3-2-4-6-8(9,10)11/h1-3,5,7H2. The lowest BCUT2D eigenvalue weighted by Crippen LogP contribution is -2.01. The molecule has 0 unspecified atom stereocenters. The van der Waals surface area contributed by atoms with E-state index in [1.165, 1.54) is 17.7 Å². The van der Waals surface area contributed by atoms with Crippen LogP contribution in [0.3, 0.4) is 0 Å². The third-order valence-electron chi connectivity index (χ3n) is 1.07. The summed E-state index contributed by atoms with van der Waals surface area (Å²) in [5.74, 6) is 4.19. The molecule has 0 aromatic rings. The molecule has 69 valence electrons. The molecule has 0 amide bonds. The number of unbranched alkanes of at least 4 members (excludes halogenated alkanes) is 2. The van der Waals surface area contributed by atoms with Crippen molar-refractivity contribution in [3.63, 3.8) is 0 Å². The third kappa shape index (κ3) is 9.70. The van der Waals surface area contributed by atoms with Gasteiger partial charge in [0.25, 0.3) is 0 Å². The number of thioether (sulfide) groups is 1. The van der Waals surface area contributed by atoms with E-state index in [1.54, 1.807) is 0 Å². The minimum absolute atomic E-state index is 0.320. The van der Waals surface area contributed by atoms with Crippen LogP contribution >= 0.6 is 11.8 Å². The predicted molar refractivity (Wildman–Crippen MR) is 45.5 cm³/mol. The molecule has 0 saturated heterocycles. The van der Waals surface area contributed by atoms with Gasteiger partial charge in [0.1, 0.15) is 0 Å². The number of halogens is 3. The van der Waals surface area contributed by atoms with E-state index in [1.807, 2.05) is 0 Å². The van der Waals surface area contributed by atoms with Gasteiger partial charge in [-0.15, -0.1) is 0 Å². The van der Waals surface area contributed by atoms with Crippen LogP contribution in [0.1, 0.15) is 19.3 Å². The molecule has 0 aliphatic heterocycles. The zero-order valence-corrected chi connectivity index (χ0v) is 7.39. The van der Waals surface area contributed by atoms with Crippen LogP contribution < -0.4 is 0 Å². The molecular formula is C8H10F3S. The maximum absolute atomic E-state index is 11.4. The summed E-state index contributed by atoms with van der Waals surface area (Å²) in [7, 11) is 0. The predicted octanol–water partition coefficient (Wildman–Crippen LogP) is 3.25. The average Bonchev–Trinajstić information content (AvgIpc) is 1.94. The highest BCUT2D eigenvalue weighted by Gasteiger charge is 2.22. The molecule has 0 aliphatic carbocycles. The van der Waals surface area contributed by atoms with Gasteiger partial charge >= 0.3 is 6.18 Å². The second-order valence-electron chi connectivity index (χ2n) is 2.16. The molecule has 0 heterocycles. The molecule has 0 aliphatic rings. The van der Waals surface area contributed by atoms with Crippen molar-refractivity contribution in [3.8, 4) is 11.8 Å². The summed E-state index contributed by atoms with van der Waals surface area (Å²) in [5, 5.41) is 0. The highest BCUT2D eigenvalue weighted by molar-refractivity contribution is 8.00. The van der Waals surface area contributed by atoms with Crippen molar-refractivity contribution in [2.24, 2.45) is 0 Å². The van der Waals surface area contributed by atoms with Crippen molar-refractivity contribution in [1.29, 1.82) is 0 Å². The van der Waals surface area contributed by atoms with Crippen LogP contribution in [0.2, 0.25) is 0 Å². The SMILES string of the molecule is [CH2]SCCCCC#CC(F)(F)F. The Morgan fingerprint density at radius 3 is 2.42 bits per heavy atom. The van der Waals surface area contributed by atoms with Gasteiger partial charge < -0.3 is 0 Å². The number of rotatable bonds is 4. The van der Waals surface area contributed by atoms with Gasteiger partial charge in [-0.25, -0.2) is 0 Å². The molecule has 0 fully saturated rings. The van der Waals surface area contributed by atoms with E-state index < -0.39 is 6.18 Å². The second kappa shape index (κ2) is 6.24. The normalized spacial score (nSPS) is 10.7. The Bertz CT molecular complexity index is 163. The molecule has 12 heavy (non-hydrogen) atoms. The lowest BCUT2D eigenvalue weighted by atomic mass is 10.2. The van der Waals surface area contributed by atoms with Crippen LogP contribution in [-0.2, 0) is 0 Å². The van der Waals surface area contributed by atoms with E-state index in [2.05, 4.69) is 12.2 Å². The zero-order chi connectivity index (χ0) is 9.45. The summed E-state index contributed by atoms with van der Waals surface area (Å²) in [6.45, 7) is 0. The van der Waals surface area contributed by atoms with Crippen LogP contribution in [0.5, 0.6) is 0 Å². The monoisotopic (exact) mass is 195 g/mol. The van der Waals surface area contributed by atoms with Gasteiger partial charge in [0.05, 0.1) is 0 Å². The molecule has 0 saturated carbocycles. The maximum atomic E-state index is 11.4. The van der Waals surface area contributed by atoms with Crippen LogP contribution in [-0.4, -0.2) is 11.9 Å². The van der Waals surface area contributed by atoms with Crippen LogP contribution in [0.4, 0.5) is 13.2 Å². The lowest BCUT2D eigenvalue weighted by molar-refractivity contribution is -0.0697. The largest absolute Gasteiger partial charge is 0.457 e. The average molecular weight is 195 g/mol. The zero-order valence-electron chi connectivity index (χ0n) is 6.58. The summed E-state index contributed by atoms with van der Waals surface area (Å²) in [4.78, 5) is 0. The van der Waals surface area contributed by atoms with E-state index in [-0.39, 0.29) is 0 Å². The van der Waals surface area contributed by atoms with Gasteiger partial charge in [-0.2, -0.15) is 24.9 Å². The Hall–Kier alpha value is -0.300. The van der Waals surface area contributed by atoms with Gasteiger partial charge in [-0.3, -0.25) is 0 Å². The van der Waals surface area contributed by atoms with Crippen molar-refractivity contribution >= 4 is 11.8 Å². The van der Waals surface area contributed by atoms with Gasteiger partial charge in [-0.1, -0.05) is 5.92 Å². The molecule has 0 nitrogen and oxygen atoms in total. The first-order valence-corrected chi connectivity index (χ1v) is 4.65. The minimum Gasteiger partial charge on any atom is -0.161 e. The number of hydrogen-bond acceptors (Lipinski definition) is 1. The molecule has 0 spiro atoms. The highest BCUT2D eigenvalue weighted by atomic mass is 32.2. The van der Waals surface area contributed by atoms with Crippen molar-refractivity contribution < 1.29 is 13.2 Å². The van der Waals surface area contributed by atoms with Gasteiger partial charge in [-0.05, 0) is 18.6 Å². The Kier molecular flexibility index (Phi) is 6.09. The van der Waals surface area contributed by atoms with E-state index in [9.17, 15) is 13.2 Å². The fraction of sp³-hybridized carbons (Fsp3) is 0.625. The molecule has 0 atom stereocenters. The Morgan fingerprint density at radius 1 is 1.25 bits per heavy atom. The lowest BCUT2D eigenvalue weighted by Gasteiger charge is -1.93. The molecule has 0 rings (SSSR count). The first-order chi connectivity index (χ1) is 5.56. The molecule has 0 aromatic carbocycles. The van der Waals surface area contributed by atoms with Crippen molar-refractivity contribution in [3.05, 3.63) is 6.26 Å². The van der Waals surface area contributed by atoms with E-state index in [0.717, 1.165) is 12.2 Å². The Labute approximate surface area is 74.9 Å². The first-order valence-electron chi connectivity index (χ1n) is 3.50. The summed E-state index contributed by atoms with van der Waals surface area (Å²) in [6, 6.07) is 0. The van der Waals surface area contributed by atoms with Crippen LogP contribution in [0.25, 0.3) is 0 Å². The molecule has 0 N–H and O–H groups in total. The van der Waals surface area contributed by atoms with Crippen molar-refractivity contribution in [1.82, 2.24) is 0 Å².